The van der Waals surface area contributed by atoms with E-state index >= 15 is 0 Å². The third-order valence-corrected chi connectivity index (χ3v) is 11.0. The van der Waals surface area contributed by atoms with Gasteiger partial charge in [-0.25, -0.2) is 9.59 Å². The van der Waals surface area contributed by atoms with Crippen molar-refractivity contribution in [1.29, 1.82) is 0 Å². The lowest BCUT2D eigenvalue weighted by Crippen LogP contribution is -2.28. The Hall–Kier alpha value is -4.96. The van der Waals surface area contributed by atoms with E-state index in [2.05, 4.69) is 89.2 Å². The van der Waals surface area contributed by atoms with Gasteiger partial charge in [0.05, 0.1) is 11.1 Å². The summed E-state index contributed by atoms with van der Waals surface area (Å²) in [4.78, 5) is 26.6. The Morgan fingerprint density at radius 1 is 0.673 bits per heavy atom. The molecule has 4 nitrogen and oxygen atoms in total. The molecule has 0 aliphatic heterocycles. The molecule has 2 bridgehead atoms. The Morgan fingerprint density at radius 2 is 1.31 bits per heavy atom. The highest BCUT2D eigenvalue weighted by molar-refractivity contribution is 5.96. The van der Waals surface area contributed by atoms with Gasteiger partial charge in [0, 0.05) is 11.0 Å². The predicted octanol–water partition coefficient (Wildman–Crippen LogP) is 12.3. The molecule has 7 rings (SSSR count). The van der Waals surface area contributed by atoms with Crippen LogP contribution in [0.3, 0.4) is 0 Å². The number of ether oxygens (including phenoxy) is 2. The third kappa shape index (κ3) is 7.77. The maximum absolute atomic E-state index is 13.6. The van der Waals surface area contributed by atoms with Gasteiger partial charge in [-0.2, -0.15) is 0 Å². The SMILES string of the molecule is CCCC(C)(C)OC(=O)c1cccc(C(=O)Oc2ccc(C(C)(C)c3ccc4c(c3)-c3ccc(cc3)CCC4(C)CCC)cc2-c2ccccc2)c1. The molecule has 1 atom stereocenters. The summed E-state index contributed by atoms with van der Waals surface area (Å²) in [6.07, 6.45) is 6.14. The summed E-state index contributed by atoms with van der Waals surface area (Å²) in [5, 5.41) is 0. The molecule has 5 aromatic carbocycles. The van der Waals surface area contributed by atoms with E-state index in [1.165, 1.54) is 27.8 Å². The zero-order valence-corrected chi connectivity index (χ0v) is 31.8. The van der Waals surface area contributed by atoms with E-state index < -0.39 is 17.5 Å². The number of hydrogen-bond acceptors (Lipinski definition) is 4. The van der Waals surface area contributed by atoms with Crippen LogP contribution in [-0.2, 0) is 22.0 Å². The molecule has 0 spiro atoms. The van der Waals surface area contributed by atoms with Crippen LogP contribution in [-0.4, -0.2) is 17.5 Å². The minimum absolute atomic E-state index is 0.0960. The number of hydrogen-bond donors (Lipinski definition) is 0. The zero-order chi connectivity index (χ0) is 37.1. The molecule has 1 unspecified atom stereocenters. The van der Waals surface area contributed by atoms with Crippen molar-refractivity contribution >= 4 is 11.9 Å². The molecule has 0 fully saturated rings. The van der Waals surface area contributed by atoms with Crippen molar-refractivity contribution in [2.45, 2.75) is 103 Å². The third-order valence-electron chi connectivity index (χ3n) is 11.0. The van der Waals surface area contributed by atoms with Gasteiger partial charge in [-0.3, -0.25) is 0 Å². The number of aryl methyl sites for hydroxylation is 1. The van der Waals surface area contributed by atoms with Crippen LogP contribution in [0.2, 0.25) is 0 Å². The molecule has 2 aliphatic rings. The highest BCUT2D eigenvalue weighted by atomic mass is 16.6. The quantitative estimate of drug-likeness (QED) is 0.102. The normalized spacial score (nSPS) is 15.6. The average molecular weight is 693 g/mol. The molecule has 268 valence electrons. The van der Waals surface area contributed by atoms with Gasteiger partial charge in [0.25, 0.3) is 0 Å². The summed E-state index contributed by atoms with van der Waals surface area (Å²) in [7, 11) is 0. The van der Waals surface area contributed by atoms with Crippen molar-refractivity contribution in [3.05, 3.63) is 149 Å². The minimum Gasteiger partial charge on any atom is -0.456 e. The van der Waals surface area contributed by atoms with E-state index in [1.54, 1.807) is 24.3 Å². The minimum atomic E-state index is -0.596. The molecule has 0 saturated carbocycles. The Kier molecular flexibility index (Phi) is 10.6. The van der Waals surface area contributed by atoms with Crippen molar-refractivity contribution in [3.8, 4) is 28.0 Å². The van der Waals surface area contributed by atoms with Gasteiger partial charge in [0.2, 0.25) is 0 Å². The van der Waals surface area contributed by atoms with Crippen molar-refractivity contribution in [2.75, 3.05) is 0 Å². The Bertz CT molecular complexity index is 2050. The fraction of sp³-hybridized carbons (Fsp3) is 0.333. The molecule has 52 heavy (non-hydrogen) atoms. The number of carbonyl (C=O) groups excluding carboxylic acids is 2. The van der Waals surface area contributed by atoms with E-state index in [-0.39, 0.29) is 16.4 Å². The standard InChI is InChI=1S/C48H52O4/c1-8-27-46(3,4)52-45(50)37-17-13-16-36(30-37)44(49)51-43-25-23-39(32-41(43)34-14-11-10-12-15-34)47(5,6)38-22-24-42-40(31-38)35-20-18-33(19-21-35)26-29-48(42,7)28-9-2/h10-25,30-32H,8-9,26-29H2,1-7H3. The van der Waals surface area contributed by atoms with E-state index in [9.17, 15) is 9.59 Å². The zero-order valence-electron chi connectivity index (χ0n) is 31.8. The van der Waals surface area contributed by atoms with Gasteiger partial charge >= 0.3 is 11.9 Å². The number of fused-ring (bicyclic) bond motifs is 4. The monoisotopic (exact) mass is 692 g/mol. The Balaban J connectivity index is 1.35. The maximum Gasteiger partial charge on any atom is 0.343 e. The second kappa shape index (κ2) is 14.9. The van der Waals surface area contributed by atoms with Crippen molar-refractivity contribution < 1.29 is 19.1 Å². The first-order valence-corrected chi connectivity index (χ1v) is 18.8. The van der Waals surface area contributed by atoms with Crippen molar-refractivity contribution in [1.82, 2.24) is 0 Å². The second-order valence-electron chi connectivity index (χ2n) is 15.8. The lowest BCUT2D eigenvalue weighted by atomic mass is 9.70. The number of esters is 2. The molecule has 0 amide bonds. The van der Waals surface area contributed by atoms with Crippen LogP contribution in [0, 0.1) is 0 Å². The molecular weight excluding hydrogens is 641 g/mol. The van der Waals surface area contributed by atoms with Gasteiger partial charge in [0.15, 0.2) is 0 Å². The van der Waals surface area contributed by atoms with Crippen molar-refractivity contribution in [2.24, 2.45) is 0 Å². The Morgan fingerprint density at radius 3 is 1.98 bits per heavy atom. The van der Waals surface area contributed by atoms with E-state index in [1.807, 2.05) is 50.2 Å². The van der Waals surface area contributed by atoms with Gasteiger partial charge in [-0.05, 0) is 120 Å². The molecule has 5 aromatic rings. The highest BCUT2D eigenvalue weighted by Crippen LogP contribution is 2.45. The molecule has 0 saturated heterocycles. The molecule has 2 aliphatic carbocycles. The summed E-state index contributed by atoms with van der Waals surface area (Å²) in [6.45, 7) is 15.1. The lowest BCUT2D eigenvalue weighted by molar-refractivity contribution is -0.00473. The summed E-state index contributed by atoms with van der Waals surface area (Å²) in [5.41, 5.74) is 9.24. The molecule has 0 N–H and O–H groups in total. The largest absolute Gasteiger partial charge is 0.456 e. The average Bonchev–Trinajstić information content (AvgIpc) is 3.22. The molecule has 4 heteroatoms. The molecule has 0 radical (unpaired) electrons. The van der Waals surface area contributed by atoms with Gasteiger partial charge in [-0.15, -0.1) is 0 Å². The summed E-state index contributed by atoms with van der Waals surface area (Å²) in [6, 6.07) is 38.9. The molecule has 0 aromatic heterocycles. The number of benzene rings is 5. The first-order valence-electron chi connectivity index (χ1n) is 18.8. The highest BCUT2D eigenvalue weighted by Gasteiger charge is 2.32. The van der Waals surface area contributed by atoms with Gasteiger partial charge in [-0.1, -0.05) is 126 Å². The van der Waals surface area contributed by atoms with Gasteiger partial charge in [0.1, 0.15) is 11.4 Å². The van der Waals surface area contributed by atoms with Crippen molar-refractivity contribution in [3.63, 3.8) is 0 Å². The second-order valence-corrected chi connectivity index (χ2v) is 15.8. The first-order chi connectivity index (χ1) is 24.8. The van der Waals surface area contributed by atoms with E-state index in [0.29, 0.717) is 11.3 Å². The van der Waals surface area contributed by atoms with E-state index in [4.69, 9.17) is 9.47 Å². The lowest BCUT2D eigenvalue weighted by Gasteiger charge is -2.34. The van der Waals surface area contributed by atoms with Crippen LogP contribution >= 0.6 is 0 Å². The van der Waals surface area contributed by atoms with Crippen LogP contribution < -0.4 is 4.74 Å². The maximum atomic E-state index is 13.6. The summed E-state index contributed by atoms with van der Waals surface area (Å²) < 4.78 is 11.9. The van der Waals surface area contributed by atoms with Gasteiger partial charge < -0.3 is 9.47 Å². The van der Waals surface area contributed by atoms with E-state index in [0.717, 1.165) is 55.2 Å². The smallest absolute Gasteiger partial charge is 0.343 e. The van der Waals surface area contributed by atoms with Crippen LogP contribution in [0.4, 0.5) is 0 Å². The number of rotatable bonds is 11. The fourth-order valence-electron chi connectivity index (χ4n) is 7.83. The van der Waals surface area contributed by atoms with Crippen LogP contribution in [0.15, 0.2) is 115 Å². The number of carbonyl (C=O) groups is 2. The van der Waals surface area contributed by atoms with Crippen LogP contribution in [0.5, 0.6) is 5.75 Å². The Labute approximate surface area is 310 Å². The summed E-state index contributed by atoms with van der Waals surface area (Å²) >= 11 is 0. The topological polar surface area (TPSA) is 52.6 Å². The summed E-state index contributed by atoms with van der Waals surface area (Å²) in [5.74, 6) is -0.538. The molecular formula is C48H52O4. The fourth-order valence-corrected chi connectivity index (χ4v) is 7.83. The van der Waals surface area contributed by atoms with Crippen LogP contribution in [0.25, 0.3) is 22.3 Å². The molecule has 0 heterocycles. The predicted molar refractivity (Wildman–Crippen MR) is 212 cm³/mol. The van der Waals surface area contributed by atoms with Crippen LogP contribution in [0.1, 0.15) is 124 Å². The first kappa shape index (κ1) is 36.8.